The molecule has 2 aromatic rings. The largest absolute Gasteiger partial charge is 0.362 e. The number of carbonyl (C=O) groups excluding carboxylic acids is 1. The number of nitrogens with zero attached hydrogens (tertiary/aromatic N) is 6. The summed E-state index contributed by atoms with van der Waals surface area (Å²) in [6, 6.07) is 4.22. The van der Waals surface area contributed by atoms with Crippen molar-refractivity contribution in [3.8, 4) is 11.4 Å². The van der Waals surface area contributed by atoms with Crippen molar-refractivity contribution in [1.29, 1.82) is 0 Å². The van der Waals surface area contributed by atoms with Crippen LogP contribution in [0.5, 0.6) is 0 Å². The standard InChI is InChI=1S/C21H30N6O/c1-14(2)27(15(3)4)21(28)26-11-9-17-18(13-26)23-19(24-20(17)25(5)6)16-8-7-10-22-12-16/h7-8,10,12,14-15H,9,11,13H2,1-6H3. The van der Waals surface area contributed by atoms with Gasteiger partial charge in [0.25, 0.3) is 0 Å². The second-order valence-corrected chi connectivity index (χ2v) is 7.98. The quantitative estimate of drug-likeness (QED) is 0.812. The van der Waals surface area contributed by atoms with Crippen LogP contribution in [0, 0.1) is 0 Å². The van der Waals surface area contributed by atoms with Crippen LogP contribution in [0.3, 0.4) is 0 Å². The highest BCUT2D eigenvalue weighted by atomic mass is 16.2. The molecule has 0 saturated carbocycles. The van der Waals surface area contributed by atoms with Crippen LogP contribution in [0.1, 0.15) is 39.0 Å². The molecule has 3 heterocycles. The third kappa shape index (κ3) is 3.93. The monoisotopic (exact) mass is 382 g/mol. The summed E-state index contributed by atoms with van der Waals surface area (Å²) >= 11 is 0. The number of pyridine rings is 1. The van der Waals surface area contributed by atoms with Gasteiger partial charge in [-0.1, -0.05) is 0 Å². The molecule has 0 fully saturated rings. The number of amides is 2. The first kappa shape index (κ1) is 20.0. The molecule has 0 atom stereocenters. The van der Waals surface area contributed by atoms with Crippen LogP contribution < -0.4 is 4.90 Å². The molecule has 2 aromatic heterocycles. The molecule has 0 spiro atoms. The Morgan fingerprint density at radius 1 is 1.14 bits per heavy atom. The number of urea groups is 1. The van der Waals surface area contributed by atoms with Crippen molar-refractivity contribution in [2.75, 3.05) is 25.5 Å². The van der Waals surface area contributed by atoms with Gasteiger partial charge in [0, 0.05) is 56.2 Å². The summed E-state index contributed by atoms with van der Waals surface area (Å²) in [5.41, 5.74) is 2.93. The fourth-order valence-corrected chi connectivity index (χ4v) is 3.77. The van der Waals surface area contributed by atoms with Crippen LogP contribution in [0.4, 0.5) is 10.6 Å². The molecule has 7 nitrogen and oxygen atoms in total. The third-order valence-electron chi connectivity index (χ3n) is 4.99. The van der Waals surface area contributed by atoms with E-state index in [-0.39, 0.29) is 18.1 Å². The van der Waals surface area contributed by atoms with Crippen molar-refractivity contribution >= 4 is 11.8 Å². The van der Waals surface area contributed by atoms with Gasteiger partial charge in [0.1, 0.15) is 5.82 Å². The van der Waals surface area contributed by atoms with E-state index >= 15 is 0 Å². The molecular formula is C21H30N6O. The van der Waals surface area contributed by atoms with Crippen LogP contribution in [0.15, 0.2) is 24.5 Å². The van der Waals surface area contributed by atoms with E-state index in [0.717, 1.165) is 29.1 Å². The second kappa shape index (κ2) is 8.12. The van der Waals surface area contributed by atoms with Crippen LogP contribution in [-0.2, 0) is 13.0 Å². The Kier molecular flexibility index (Phi) is 5.82. The fraction of sp³-hybridized carbons (Fsp3) is 0.524. The first-order chi connectivity index (χ1) is 13.3. The SMILES string of the molecule is CC(C)N(C(=O)N1CCc2c(nc(-c3cccnc3)nc2N(C)C)C1)C(C)C. The zero-order valence-corrected chi connectivity index (χ0v) is 17.7. The van der Waals surface area contributed by atoms with E-state index in [1.54, 1.807) is 12.4 Å². The van der Waals surface area contributed by atoms with Crippen molar-refractivity contribution in [3.63, 3.8) is 0 Å². The number of fused-ring (bicyclic) bond motifs is 1. The van der Waals surface area contributed by atoms with Gasteiger partial charge in [-0.15, -0.1) is 0 Å². The van der Waals surface area contributed by atoms with Gasteiger partial charge in [-0.05, 0) is 46.2 Å². The van der Waals surface area contributed by atoms with Crippen molar-refractivity contribution < 1.29 is 4.79 Å². The van der Waals surface area contributed by atoms with Crippen molar-refractivity contribution in [1.82, 2.24) is 24.8 Å². The van der Waals surface area contributed by atoms with Gasteiger partial charge in [-0.25, -0.2) is 14.8 Å². The molecule has 3 rings (SSSR count). The van der Waals surface area contributed by atoms with Crippen LogP contribution in [-0.4, -0.2) is 63.5 Å². The summed E-state index contributed by atoms with van der Waals surface area (Å²) in [7, 11) is 3.98. The Bertz CT molecular complexity index is 826. The predicted molar refractivity (Wildman–Crippen MR) is 111 cm³/mol. The van der Waals surface area contributed by atoms with Crippen LogP contribution in [0.25, 0.3) is 11.4 Å². The van der Waals surface area contributed by atoms with E-state index in [2.05, 4.69) is 32.7 Å². The number of hydrogen-bond donors (Lipinski definition) is 0. The van der Waals surface area contributed by atoms with Gasteiger partial charge in [0.15, 0.2) is 5.82 Å². The number of anilines is 1. The molecule has 0 radical (unpaired) electrons. The van der Waals surface area contributed by atoms with Gasteiger partial charge >= 0.3 is 6.03 Å². The number of hydrogen-bond acceptors (Lipinski definition) is 5. The molecule has 0 bridgehead atoms. The Hall–Kier alpha value is -2.70. The first-order valence-corrected chi connectivity index (χ1v) is 9.84. The molecule has 150 valence electrons. The lowest BCUT2D eigenvalue weighted by molar-refractivity contribution is 0.119. The smallest absolute Gasteiger partial charge is 0.320 e. The molecule has 2 amide bonds. The maximum Gasteiger partial charge on any atom is 0.320 e. The van der Waals surface area contributed by atoms with Gasteiger partial charge in [0.2, 0.25) is 0 Å². The Morgan fingerprint density at radius 2 is 1.86 bits per heavy atom. The van der Waals surface area contributed by atoms with E-state index in [1.807, 2.05) is 40.9 Å². The van der Waals surface area contributed by atoms with E-state index in [9.17, 15) is 4.79 Å². The summed E-state index contributed by atoms with van der Waals surface area (Å²) in [4.78, 5) is 32.8. The third-order valence-corrected chi connectivity index (χ3v) is 4.99. The van der Waals surface area contributed by atoms with Crippen molar-refractivity contribution in [2.24, 2.45) is 0 Å². The molecular weight excluding hydrogens is 352 g/mol. The normalized spacial score (nSPS) is 13.6. The van der Waals surface area contributed by atoms with Crippen molar-refractivity contribution in [2.45, 2.75) is 52.7 Å². The zero-order valence-electron chi connectivity index (χ0n) is 17.7. The summed E-state index contributed by atoms with van der Waals surface area (Å²) in [5, 5.41) is 0. The van der Waals surface area contributed by atoms with Crippen molar-refractivity contribution in [3.05, 3.63) is 35.8 Å². The average molecular weight is 383 g/mol. The lowest BCUT2D eigenvalue weighted by atomic mass is 10.0. The van der Waals surface area contributed by atoms with E-state index in [4.69, 9.17) is 9.97 Å². The number of rotatable bonds is 4. The Balaban J connectivity index is 1.97. The molecule has 28 heavy (non-hydrogen) atoms. The summed E-state index contributed by atoms with van der Waals surface area (Å²) in [5.74, 6) is 1.56. The topological polar surface area (TPSA) is 65.5 Å². The molecule has 0 N–H and O–H groups in total. The molecule has 0 aromatic carbocycles. The van der Waals surface area contributed by atoms with Crippen LogP contribution >= 0.6 is 0 Å². The minimum Gasteiger partial charge on any atom is -0.362 e. The van der Waals surface area contributed by atoms with E-state index < -0.39 is 0 Å². The predicted octanol–water partition coefficient (Wildman–Crippen LogP) is 3.20. The lowest BCUT2D eigenvalue weighted by Gasteiger charge is -2.38. The van der Waals surface area contributed by atoms with E-state index in [0.29, 0.717) is 18.9 Å². The van der Waals surface area contributed by atoms with E-state index in [1.165, 1.54) is 0 Å². The molecule has 0 unspecified atom stereocenters. The van der Waals surface area contributed by atoms with Gasteiger partial charge in [-0.3, -0.25) is 4.98 Å². The summed E-state index contributed by atoms with van der Waals surface area (Å²) < 4.78 is 0. The maximum atomic E-state index is 13.2. The summed E-state index contributed by atoms with van der Waals surface area (Å²) in [6.07, 6.45) is 4.26. The molecule has 0 saturated heterocycles. The van der Waals surface area contributed by atoms with Gasteiger partial charge in [-0.2, -0.15) is 0 Å². The number of aromatic nitrogens is 3. The molecule has 7 heteroatoms. The highest BCUT2D eigenvalue weighted by molar-refractivity contribution is 5.75. The fourth-order valence-electron chi connectivity index (χ4n) is 3.77. The highest BCUT2D eigenvalue weighted by Crippen LogP contribution is 2.29. The minimum absolute atomic E-state index is 0.0728. The Morgan fingerprint density at radius 3 is 2.43 bits per heavy atom. The molecule has 1 aliphatic rings. The average Bonchev–Trinajstić information content (AvgIpc) is 2.66. The first-order valence-electron chi connectivity index (χ1n) is 9.84. The van der Waals surface area contributed by atoms with Gasteiger partial charge in [0.05, 0.1) is 12.2 Å². The summed E-state index contributed by atoms with van der Waals surface area (Å²) in [6.45, 7) is 9.41. The highest BCUT2D eigenvalue weighted by Gasteiger charge is 2.30. The lowest BCUT2D eigenvalue weighted by Crippen LogP contribution is -2.51. The Labute approximate surface area is 167 Å². The van der Waals surface area contributed by atoms with Gasteiger partial charge < -0.3 is 14.7 Å². The number of carbonyl (C=O) groups is 1. The molecule has 1 aliphatic heterocycles. The van der Waals surface area contributed by atoms with Crippen LogP contribution in [0.2, 0.25) is 0 Å². The molecule has 0 aliphatic carbocycles. The minimum atomic E-state index is 0.0728. The second-order valence-electron chi connectivity index (χ2n) is 7.98. The zero-order chi connectivity index (χ0) is 20.4. The maximum absolute atomic E-state index is 13.2.